The molecule has 0 spiro atoms. The fourth-order valence-electron chi connectivity index (χ4n) is 3.08. The van der Waals surface area contributed by atoms with Gasteiger partial charge in [0.25, 0.3) is 5.91 Å². The summed E-state index contributed by atoms with van der Waals surface area (Å²) in [5, 5.41) is 4.38. The van der Waals surface area contributed by atoms with Gasteiger partial charge in [0.15, 0.2) is 5.69 Å². The number of benzene rings is 1. The number of rotatable bonds is 5. The van der Waals surface area contributed by atoms with Crippen LogP contribution >= 0.6 is 0 Å². The number of aromatic nitrogens is 2. The van der Waals surface area contributed by atoms with E-state index < -0.39 is 0 Å². The van der Waals surface area contributed by atoms with Crippen LogP contribution in [0.2, 0.25) is 0 Å². The first-order valence-corrected chi connectivity index (χ1v) is 8.24. The molecule has 0 bridgehead atoms. The average Bonchev–Trinajstić information content (AvgIpc) is 2.98. The van der Waals surface area contributed by atoms with Gasteiger partial charge in [-0.1, -0.05) is 6.07 Å². The molecule has 1 aromatic heterocycles. The Bertz CT molecular complexity index is 711. The highest BCUT2D eigenvalue weighted by atomic mass is 16.5. The fraction of sp³-hybridized carbons (Fsp3) is 0.444. The van der Waals surface area contributed by atoms with Crippen LogP contribution in [0, 0.1) is 0 Å². The highest BCUT2D eigenvalue weighted by molar-refractivity contribution is 6.05. The maximum absolute atomic E-state index is 13.0. The number of hydrogen-bond donors (Lipinski definition) is 0. The lowest BCUT2D eigenvalue weighted by Gasteiger charge is -2.23. The van der Waals surface area contributed by atoms with Gasteiger partial charge in [-0.2, -0.15) is 5.10 Å². The van der Waals surface area contributed by atoms with Crippen molar-refractivity contribution in [3.8, 4) is 5.75 Å². The van der Waals surface area contributed by atoms with Gasteiger partial charge < -0.3 is 14.4 Å². The molecule has 6 heteroatoms. The van der Waals surface area contributed by atoms with E-state index in [1.165, 1.54) is 0 Å². The van der Waals surface area contributed by atoms with Crippen LogP contribution in [0.25, 0.3) is 0 Å². The highest BCUT2D eigenvalue weighted by Crippen LogP contribution is 2.34. The monoisotopic (exact) mass is 329 g/mol. The van der Waals surface area contributed by atoms with Gasteiger partial charge >= 0.3 is 0 Å². The Balaban J connectivity index is 1.89. The summed E-state index contributed by atoms with van der Waals surface area (Å²) in [5.41, 5.74) is 2.50. The van der Waals surface area contributed by atoms with Crippen LogP contribution in [0.4, 0.5) is 5.69 Å². The first-order valence-electron chi connectivity index (χ1n) is 8.24. The molecule has 0 saturated heterocycles. The lowest BCUT2D eigenvalue weighted by atomic mass is 10.1. The SMILES string of the molecule is COCCn1ccc(C(=O)N2CCCCc3c(OC)cccc32)n1. The van der Waals surface area contributed by atoms with E-state index in [1.807, 2.05) is 29.3 Å². The van der Waals surface area contributed by atoms with Crippen molar-refractivity contribution in [3.63, 3.8) is 0 Å². The van der Waals surface area contributed by atoms with Gasteiger partial charge in [0, 0.05) is 25.4 Å². The second-order valence-electron chi connectivity index (χ2n) is 5.83. The molecule has 0 N–H and O–H groups in total. The summed E-state index contributed by atoms with van der Waals surface area (Å²) in [6, 6.07) is 7.64. The van der Waals surface area contributed by atoms with Crippen molar-refractivity contribution in [1.29, 1.82) is 0 Å². The molecule has 128 valence electrons. The molecule has 0 saturated carbocycles. The molecule has 0 radical (unpaired) electrons. The number of carbonyl (C=O) groups excluding carboxylic acids is 1. The number of ether oxygens (including phenoxy) is 2. The van der Waals surface area contributed by atoms with Gasteiger partial charge in [-0.15, -0.1) is 0 Å². The highest BCUT2D eigenvalue weighted by Gasteiger charge is 2.25. The smallest absolute Gasteiger partial charge is 0.278 e. The maximum atomic E-state index is 13.0. The van der Waals surface area contributed by atoms with Crippen molar-refractivity contribution in [2.45, 2.75) is 25.8 Å². The van der Waals surface area contributed by atoms with Gasteiger partial charge in [-0.25, -0.2) is 0 Å². The normalized spacial score (nSPS) is 14.2. The van der Waals surface area contributed by atoms with E-state index in [0.717, 1.165) is 36.3 Å². The molecule has 1 amide bonds. The van der Waals surface area contributed by atoms with E-state index in [0.29, 0.717) is 25.4 Å². The minimum atomic E-state index is -0.0671. The largest absolute Gasteiger partial charge is 0.496 e. The number of fused-ring (bicyclic) bond motifs is 1. The first kappa shape index (κ1) is 16.5. The lowest BCUT2D eigenvalue weighted by Crippen LogP contribution is -2.32. The third kappa shape index (κ3) is 3.28. The van der Waals surface area contributed by atoms with Crippen LogP contribution in [0.3, 0.4) is 0 Å². The van der Waals surface area contributed by atoms with Crippen LogP contribution < -0.4 is 9.64 Å². The van der Waals surface area contributed by atoms with Crippen molar-refractivity contribution >= 4 is 11.6 Å². The minimum Gasteiger partial charge on any atom is -0.496 e. The summed E-state index contributed by atoms with van der Waals surface area (Å²) >= 11 is 0. The third-order valence-electron chi connectivity index (χ3n) is 4.31. The maximum Gasteiger partial charge on any atom is 0.278 e. The van der Waals surface area contributed by atoms with Gasteiger partial charge in [0.2, 0.25) is 0 Å². The molecule has 6 nitrogen and oxygen atoms in total. The lowest BCUT2D eigenvalue weighted by molar-refractivity contribution is 0.0980. The summed E-state index contributed by atoms with van der Waals surface area (Å²) in [5.74, 6) is 0.778. The van der Waals surface area contributed by atoms with Crippen LogP contribution in [0.5, 0.6) is 5.75 Å². The minimum absolute atomic E-state index is 0.0671. The Labute approximate surface area is 142 Å². The summed E-state index contributed by atoms with van der Waals surface area (Å²) in [7, 11) is 3.32. The number of carbonyl (C=O) groups is 1. The molecule has 24 heavy (non-hydrogen) atoms. The zero-order chi connectivity index (χ0) is 16.9. The van der Waals surface area contributed by atoms with Crippen LogP contribution in [0.15, 0.2) is 30.5 Å². The fourth-order valence-corrected chi connectivity index (χ4v) is 3.08. The Morgan fingerprint density at radius 3 is 2.92 bits per heavy atom. The van der Waals surface area contributed by atoms with E-state index in [-0.39, 0.29) is 5.91 Å². The number of anilines is 1. The molecule has 2 aromatic rings. The Morgan fingerprint density at radius 2 is 2.12 bits per heavy atom. The number of nitrogens with zero attached hydrogens (tertiary/aromatic N) is 3. The topological polar surface area (TPSA) is 56.6 Å². The van der Waals surface area contributed by atoms with Crippen LogP contribution in [-0.4, -0.2) is 43.1 Å². The van der Waals surface area contributed by atoms with Gasteiger partial charge in [0.1, 0.15) is 5.75 Å². The van der Waals surface area contributed by atoms with E-state index in [4.69, 9.17) is 9.47 Å². The first-order chi connectivity index (χ1) is 11.7. The molecule has 0 unspecified atom stereocenters. The number of hydrogen-bond acceptors (Lipinski definition) is 4. The predicted octanol–water partition coefficient (Wildman–Crippen LogP) is 2.52. The molecule has 0 atom stereocenters. The summed E-state index contributed by atoms with van der Waals surface area (Å²) < 4.78 is 12.3. The Kier molecular flexibility index (Phi) is 5.15. The number of amides is 1. The van der Waals surface area contributed by atoms with Crippen molar-refractivity contribution in [1.82, 2.24) is 9.78 Å². The average molecular weight is 329 g/mol. The van der Waals surface area contributed by atoms with Gasteiger partial charge in [-0.05, 0) is 37.5 Å². The van der Waals surface area contributed by atoms with E-state index in [9.17, 15) is 4.79 Å². The summed E-state index contributed by atoms with van der Waals surface area (Å²) in [6.45, 7) is 1.90. The van der Waals surface area contributed by atoms with Gasteiger partial charge in [-0.3, -0.25) is 9.48 Å². The van der Waals surface area contributed by atoms with E-state index >= 15 is 0 Å². The quantitative estimate of drug-likeness (QED) is 0.846. The third-order valence-corrected chi connectivity index (χ3v) is 4.31. The molecule has 1 aromatic carbocycles. The summed E-state index contributed by atoms with van der Waals surface area (Å²) in [4.78, 5) is 14.8. The predicted molar refractivity (Wildman–Crippen MR) is 91.7 cm³/mol. The van der Waals surface area contributed by atoms with Crippen molar-refractivity contribution < 1.29 is 14.3 Å². The van der Waals surface area contributed by atoms with E-state index in [2.05, 4.69) is 5.10 Å². The second-order valence-corrected chi connectivity index (χ2v) is 5.83. The standard InChI is InChI=1S/C18H23N3O3/c1-23-13-12-20-11-9-15(19-20)18(22)21-10-4-3-6-14-16(21)7-5-8-17(14)24-2/h5,7-9,11H,3-4,6,10,12-13H2,1-2H3. The molecule has 2 heterocycles. The molecule has 0 aliphatic carbocycles. The molecular weight excluding hydrogens is 306 g/mol. The summed E-state index contributed by atoms with van der Waals surface area (Å²) in [6.07, 6.45) is 4.75. The van der Waals surface area contributed by atoms with Crippen LogP contribution in [0.1, 0.15) is 28.9 Å². The van der Waals surface area contributed by atoms with E-state index in [1.54, 1.807) is 25.0 Å². The molecule has 1 aliphatic heterocycles. The molecular formula is C18H23N3O3. The van der Waals surface area contributed by atoms with Crippen molar-refractivity contribution in [3.05, 3.63) is 41.7 Å². The zero-order valence-electron chi connectivity index (χ0n) is 14.2. The van der Waals surface area contributed by atoms with Crippen LogP contribution in [-0.2, 0) is 17.7 Å². The Morgan fingerprint density at radius 1 is 1.25 bits per heavy atom. The second kappa shape index (κ2) is 7.49. The van der Waals surface area contributed by atoms with Gasteiger partial charge in [0.05, 0.1) is 25.9 Å². The zero-order valence-corrected chi connectivity index (χ0v) is 14.2. The molecule has 1 aliphatic rings. The molecule has 3 rings (SSSR count). The Hall–Kier alpha value is -2.34. The van der Waals surface area contributed by atoms with Crippen molar-refractivity contribution in [2.75, 3.05) is 32.3 Å². The molecule has 0 fully saturated rings. The van der Waals surface area contributed by atoms with Crippen molar-refractivity contribution in [2.24, 2.45) is 0 Å². The number of methoxy groups -OCH3 is 2.